The number of halogens is 1. The number of nitrogens with two attached hydrogens (primary N) is 1. The molecule has 0 spiro atoms. The van der Waals surface area contributed by atoms with E-state index in [-0.39, 0.29) is 22.8 Å². The van der Waals surface area contributed by atoms with E-state index >= 15 is 0 Å². The van der Waals surface area contributed by atoms with Crippen LogP contribution in [0.2, 0.25) is 0 Å². The van der Waals surface area contributed by atoms with Gasteiger partial charge in [0.15, 0.2) is 5.82 Å². The van der Waals surface area contributed by atoms with Gasteiger partial charge in [-0.25, -0.2) is 14.4 Å². The lowest BCUT2D eigenvalue weighted by atomic mass is 10.5. The highest BCUT2D eigenvalue weighted by molar-refractivity contribution is 7.99. The Morgan fingerprint density at radius 3 is 3.08 bits per heavy atom. The summed E-state index contributed by atoms with van der Waals surface area (Å²) in [5.74, 6) is -0.478. The van der Waals surface area contributed by atoms with Crippen molar-refractivity contribution in [2.24, 2.45) is 0 Å². The van der Waals surface area contributed by atoms with Crippen LogP contribution in [-0.2, 0) is 0 Å². The van der Waals surface area contributed by atoms with Gasteiger partial charge in [0.25, 0.3) is 0 Å². The van der Waals surface area contributed by atoms with Crippen LogP contribution in [0, 0.1) is 5.82 Å². The van der Waals surface area contributed by atoms with Gasteiger partial charge in [0.2, 0.25) is 5.95 Å². The molecule has 0 aliphatic heterocycles. The van der Waals surface area contributed by atoms with E-state index in [1.165, 1.54) is 0 Å². The predicted octanol–water partition coefficient (Wildman–Crippen LogP) is 0.671. The molecule has 13 heavy (non-hydrogen) atoms. The third-order valence-corrected chi connectivity index (χ3v) is 2.36. The van der Waals surface area contributed by atoms with E-state index in [1.54, 1.807) is 6.92 Å². The van der Waals surface area contributed by atoms with Crippen LogP contribution in [-0.4, -0.2) is 26.9 Å². The Kier molecular flexibility index (Phi) is 3.44. The molecule has 0 aliphatic carbocycles. The summed E-state index contributed by atoms with van der Waals surface area (Å²) in [7, 11) is 0. The standard InChI is InChI=1S/C7H10FN3OS/c1-4(3-12)13-6-5(8)2-10-7(9)11-6/h2,4,12H,3H2,1H3,(H2,9,10,11). The zero-order valence-electron chi connectivity index (χ0n) is 7.07. The van der Waals surface area contributed by atoms with Crippen LogP contribution < -0.4 is 5.73 Å². The Labute approximate surface area is 79.4 Å². The molecule has 0 saturated carbocycles. The first-order chi connectivity index (χ1) is 6.13. The summed E-state index contributed by atoms with van der Waals surface area (Å²) in [6.45, 7) is 1.73. The summed E-state index contributed by atoms with van der Waals surface area (Å²) < 4.78 is 13.0. The fourth-order valence-corrected chi connectivity index (χ4v) is 1.44. The summed E-state index contributed by atoms with van der Waals surface area (Å²) in [4.78, 5) is 7.19. The average molecular weight is 203 g/mol. The van der Waals surface area contributed by atoms with Crippen LogP contribution in [0.15, 0.2) is 11.2 Å². The molecule has 0 aliphatic rings. The molecule has 1 rings (SSSR count). The maximum absolute atomic E-state index is 13.0. The van der Waals surface area contributed by atoms with Gasteiger partial charge in [-0.2, -0.15) is 0 Å². The zero-order chi connectivity index (χ0) is 9.84. The van der Waals surface area contributed by atoms with Gasteiger partial charge >= 0.3 is 0 Å². The van der Waals surface area contributed by atoms with Crippen molar-refractivity contribution in [3.05, 3.63) is 12.0 Å². The molecule has 0 bridgehead atoms. The minimum Gasteiger partial charge on any atom is -0.395 e. The number of nitrogens with zero attached hydrogens (tertiary/aromatic N) is 2. The second-order valence-corrected chi connectivity index (χ2v) is 3.92. The number of nitrogen functional groups attached to an aromatic ring is 1. The molecule has 3 N–H and O–H groups in total. The van der Waals surface area contributed by atoms with Crippen LogP contribution >= 0.6 is 11.8 Å². The smallest absolute Gasteiger partial charge is 0.221 e. The van der Waals surface area contributed by atoms with Crippen LogP contribution in [0.5, 0.6) is 0 Å². The highest BCUT2D eigenvalue weighted by Gasteiger charge is 2.10. The van der Waals surface area contributed by atoms with E-state index in [0.717, 1.165) is 18.0 Å². The first-order valence-corrected chi connectivity index (χ1v) is 4.57. The van der Waals surface area contributed by atoms with Gasteiger partial charge in [0.05, 0.1) is 12.8 Å². The number of hydrogen-bond donors (Lipinski definition) is 2. The molecule has 72 valence electrons. The summed E-state index contributed by atoms with van der Waals surface area (Å²) in [5.41, 5.74) is 5.28. The first kappa shape index (κ1) is 10.2. The van der Waals surface area contributed by atoms with Crippen molar-refractivity contribution in [3.8, 4) is 0 Å². The molecule has 0 radical (unpaired) electrons. The van der Waals surface area contributed by atoms with Crippen molar-refractivity contribution in [1.29, 1.82) is 0 Å². The molecule has 0 fully saturated rings. The zero-order valence-corrected chi connectivity index (χ0v) is 7.88. The van der Waals surface area contributed by atoms with E-state index in [0.29, 0.717) is 0 Å². The quantitative estimate of drug-likeness (QED) is 0.558. The van der Waals surface area contributed by atoms with Gasteiger partial charge in [0.1, 0.15) is 5.03 Å². The van der Waals surface area contributed by atoms with Crippen LogP contribution in [0.1, 0.15) is 6.92 Å². The van der Waals surface area contributed by atoms with Crippen molar-refractivity contribution in [2.75, 3.05) is 12.3 Å². The molecule has 0 aromatic carbocycles. The Morgan fingerprint density at radius 2 is 2.46 bits per heavy atom. The third kappa shape index (κ3) is 2.82. The molecule has 1 aromatic heterocycles. The van der Waals surface area contributed by atoms with Crippen LogP contribution in [0.25, 0.3) is 0 Å². The van der Waals surface area contributed by atoms with Gasteiger partial charge in [-0.05, 0) is 0 Å². The second-order valence-electron chi connectivity index (χ2n) is 2.49. The number of aromatic nitrogens is 2. The fourth-order valence-electron chi connectivity index (χ4n) is 0.675. The van der Waals surface area contributed by atoms with Crippen molar-refractivity contribution >= 4 is 17.7 Å². The lowest BCUT2D eigenvalue weighted by molar-refractivity contribution is 0.300. The number of rotatable bonds is 3. The minimum atomic E-state index is -0.514. The predicted molar refractivity (Wildman–Crippen MR) is 48.8 cm³/mol. The Bertz CT molecular complexity index is 297. The molecule has 0 amide bonds. The number of thioether (sulfide) groups is 1. The first-order valence-electron chi connectivity index (χ1n) is 3.69. The molecule has 4 nitrogen and oxygen atoms in total. The second kappa shape index (κ2) is 4.38. The highest BCUT2D eigenvalue weighted by Crippen LogP contribution is 2.23. The van der Waals surface area contributed by atoms with E-state index in [1.807, 2.05) is 0 Å². The van der Waals surface area contributed by atoms with Crippen LogP contribution in [0.3, 0.4) is 0 Å². The van der Waals surface area contributed by atoms with Gasteiger partial charge in [-0.15, -0.1) is 0 Å². The Balaban J connectivity index is 2.81. The van der Waals surface area contributed by atoms with E-state index in [9.17, 15) is 4.39 Å². The topological polar surface area (TPSA) is 72.0 Å². The van der Waals surface area contributed by atoms with Gasteiger partial charge in [0, 0.05) is 5.25 Å². The van der Waals surface area contributed by atoms with Crippen LogP contribution in [0.4, 0.5) is 10.3 Å². The number of hydrogen-bond acceptors (Lipinski definition) is 5. The number of aliphatic hydroxyl groups excluding tert-OH is 1. The Morgan fingerprint density at radius 1 is 1.77 bits per heavy atom. The SMILES string of the molecule is CC(CO)Sc1nc(N)ncc1F. The molecule has 0 saturated heterocycles. The lowest BCUT2D eigenvalue weighted by Crippen LogP contribution is -2.05. The molecule has 1 unspecified atom stereocenters. The molecular formula is C7H10FN3OS. The van der Waals surface area contributed by atoms with Gasteiger partial charge < -0.3 is 10.8 Å². The lowest BCUT2D eigenvalue weighted by Gasteiger charge is -2.06. The number of aliphatic hydroxyl groups is 1. The summed E-state index contributed by atoms with van der Waals surface area (Å²) in [6, 6.07) is 0. The fraction of sp³-hybridized carbons (Fsp3) is 0.429. The van der Waals surface area contributed by atoms with Crippen molar-refractivity contribution in [2.45, 2.75) is 17.2 Å². The highest BCUT2D eigenvalue weighted by atomic mass is 32.2. The van der Waals surface area contributed by atoms with E-state index in [4.69, 9.17) is 10.8 Å². The largest absolute Gasteiger partial charge is 0.395 e. The van der Waals surface area contributed by atoms with Crippen molar-refractivity contribution in [1.82, 2.24) is 9.97 Å². The monoisotopic (exact) mass is 203 g/mol. The minimum absolute atomic E-state index is 0.0337. The molecular weight excluding hydrogens is 193 g/mol. The molecule has 1 aromatic rings. The van der Waals surface area contributed by atoms with E-state index in [2.05, 4.69) is 9.97 Å². The van der Waals surface area contributed by atoms with Crippen molar-refractivity contribution in [3.63, 3.8) is 0 Å². The summed E-state index contributed by atoms with van der Waals surface area (Å²) in [5, 5.41) is 8.81. The van der Waals surface area contributed by atoms with E-state index < -0.39 is 5.82 Å². The molecule has 6 heteroatoms. The maximum Gasteiger partial charge on any atom is 0.221 e. The Hall–Kier alpha value is -0.880. The summed E-state index contributed by atoms with van der Waals surface area (Å²) >= 11 is 1.13. The van der Waals surface area contributed by atoms with Gasteiger partial charge in [-0.1, -0.05) is 18.7 Å². The molecule has 1 heterocycles. The summed E-state index contributed by atoms with van der Waals surface area (Å²) in [6.07, 6.45) is 1.02. The normalized spacial score (nSPS) is 12.8. The third-order valence-electron chi connectivity index (χ3n) is 1.30. The van der Waals surface area contributed by atoms with Gasteiger partial charge in [-0.3, -0.25) is 0 Å². The number of anilines is 1. The maximum atomic E-state index is 13.0. The average Bonchev–Trinajstić information content (AvgIpc) is 2.11. The van der Waals surface area contributed by atoms with Crippen molar-refractivity contribution < 1.29 is 9.50 Å². The molecule has 1 atom stereocenters.